The lowest BCUT2D eigenvalue weighted by atomic mass is 10.0. The molecule has 0 atom stereocenters. The molecule has 0 bridgehead atoms. The average molecular weight is 309 g/mol. The van der Waals surface area contributed by atoms with E-state index in [0.29, 0.717) is 11.6 Å². The second kappa shape index (κ2) is 5.49. The van der Waals surface area contributed by atoms with E-state index in [4.69, 9.17) is 5.11 Å². The highest BCUT2D eigenvalue weighted by Crippen LogP contribution is 2.18. The molecule has 0 amide bonds. The molecular weight excluding hydrogens is 292 g/mol. The number of rotatable bonds is 4. The third kappa shape index (κ3) is 2.58. The second-order valence-corrected chi connectivity index (χ2v) is 5.64. The van der Waals surface area contributed by atoms with Gasteiger partial charge in [-0.25, -0.2) is 15.0 Å². The topological polar surface area (TPSA) is 99.1 Å². The fourth-order valence-corrected chi connectivity index (χ4v) is 2.88. The van der Waals surface area contributed by atoms with Gasteiger partial charge in [0.25, 0.3) is 5.82 Å². The maximum Gasteiger partial charge on any atom is 0.279 e. The van der Waals surface area contributed by atoms with Gasteiger partial charge in [-0.05, 0) is 41.8 Å². The first-order valence-corrected chi connectivity index (χ1v) is 7.47. The summed E-state index contributed by atoms with van der Waals surface area (Å²) in [5.41, 5.74) is 6.11. The molecule has 2 heterocycles. The third-order valence-electron chi connectivity index (χ3n) is 3.97. The standard InChI is InChI=1S/C17H16N4O2/c22-8-16-18-12-3-1-10(6-14(12)20-16)5-11-2-4-13-15(7-11)21-17(9-23)19-13/h1-4,6-7,22-23H,5,8-9H2,(H,18,20)(H,19,21)/p+1. The molecule has 0 radical (unpaired) electrons. The first-order chi connectivity index (χ1) is 11.2. The van der Waals surface area contributed by atoms with E-state index in [1.807, 2.05) is 12.1 Å². The summed E-state index contributed by atoms with van der Waals surface area (Å²) in [6.07, 6.45) is 0.798. The van der Waals surface area contributed by atoms with Crippen LogP contribution in [-0.2, 0) is 19.6 Å². The molecule has 0 saturated carbocycles. The Morgan fingerprint density at radius 2 is 1.70 bits per heavy atom. The highest BCUT2D eigenvalue weighted by atomic mass is 16.3. The van der Waals surface area contributed by atoms with E-state index in [1.165, 1.54) is 11.1 Å². The van der Waals surface area contributed by atoms with Crippen molar-refractivity contribution in [2.45, 2.75) is 19.6 Å². The van der Waals surface area contributed by atoms with Crippen LogP contribution in [0, 0.1) is 0 Å². The summed E-state index contributed by atoms with van der Waals surface area (Å²) in [4.78, 5) is 13.7. The Bertz CT molecular complexity index is 907. The minimum Gasteiger partial charge on any atom is -0.388 e. The van der Waals surface area contributed by atoms with Crippen LogP contribution in [0.25, 0.3) is 22.1 Å². The van der Waals surface area contributed by atoms with Crippen molar-refractivity contribution in [3.05, 3.63) is 59.2 Å². The minimum absolute atomic E-state index is 0.0340. The van der Waals surface area contributed by atoms with Crippen LogP contribution in [-0.4, -0.2) is 25.2 Å². The lowest BCUT2D eigenvalue weighted by Gasteiger charge is -2.01. The molecule has 4 rings (SSSR count). The van der Waals surface area contributed by atoms with E-state index in [1.54, 1.807) is 0 Å². The number of nitrogens with one attached hydrogen (secondary N) is 3. The summed E-state index contributed by atoms with van der Waals surface area (Å²) in [5.74, 6) is 1.28. The molecule has 4 aromatic rings. The van der Waals surface area contributed by atoms with Crippen LogP contribution in [0.15, 0.2) is 36.4 Å². The molecule has 0 spiro atoms. The molecule has 5 N–H and O–H groups in total. The van der Waals surface area contributed by atoms with Gasteiger partial charge in [0.05, 0.1) is 11.0 Å². The number of fused-ring (bicyclic) bond motifs is 2. The summed E-state index contributed by atoms with van der Waals surface area (Å²) in [6.45, 7) is -0.120. The zero-order valence-electron chi connectivity index (χ0n) is 12.4. The maximum atomic E-state index is 9.18. The van der Waals surface area contributed by atoms with Crippen LogP contribution >= 0.6 is 0 Å². The number of aromatic nitrogens is 4. The second-order valence-electron chi connectivity index (χ2n) is 5.64. The van der Waals surface area contributed by atoms with Crippen molar-refractivity contribution in [1.29, 1.82) is 0 Å². The molecule has 0 aliphatic carbocycles. The summed E-state index contributed by atoms with van der Waals surface area (Å²) in [6, 6.07) is 12.2. The van der Waals surface area contributed by atoms with Crippen LogP contribution in [0.3, 0.4) is 0 Å². The van der Waals surface area contributed by atoms with Crippen molar-refractivity contribution in [2.75, 3.05) is 0 Å². The lowest BCUT2D eigenvalue weighted by Crippen LogP contribution is -2.06. The Morgan fingerprint density at radius 3 is 2.48 bits per heavy atom. The monoisotopic (exact) mass is 309 g/mol. The number of aliphatic hydroxyl groups excluding tert-OH is 2. The van der Waals surface area contributed by atoms with E-state index < -0.39 is 0 Å². The van der Waals surface area contributed by atoms with Crippen LogP contribution in [0.2, 0.25) is 0 Å². The van der Waals surface area contributed by atoms with Crippen LogP contribution in [0.1, 0.15) is 22.8 Å². The van der Waals surface area contributed by atoms with E-state index >= 15 is 0 Å². The Balaban J connectivity index is 1.66. The zero-order valence-corrected chi connectivity index (χ0v) is 12.4. The summed E-state index contributed by atoms with van der Waals surface area (Å²) in [5, 5.41) is 18.3. The van der Waals surface area contributed by atoms with Gasteiger partial charge in [-0.15, -0.1) is 0 Å². The first kappa shape index (κ1) is 13.9. The molecule has 2 aromatic carbocycles. The number of H-pyrrole nitrogens is 3. The predicted molar refractivity (Wildman–Crippen MR) is 85.6 cm³/mol. The number of hydrogen-bond donors (Lipinski definition) is 4. The summed E-state index contributed by atoms with van der Waals surface area (Å²) >= 11 is 0. The number of hydrogen-bond acceptors (Lipinski definition) is 3. The highest BCUT2D eigenvalue weighted by molar-refractivity contribution is 5.76. The molecular formula is C17H17N4O2+. The van der Waals surface area contributed by atoms with Crippen molar-refractivity contribution in [1.82, 2.24) is 15.0 Å². The van der Waals surface area contributed by atoms with Crippen molar-refractivity contribution in [3.63, 3.8) is 0 Å². The molecule has 0 saturated heterocycles. The molecule has 0 aliphatic heterocycles. The molecule has 0 unspecified atom stereocenters. The molecule has 116 valence electrons. The fourth-order valence-electron chi connectivity index (χ4n) is 2.88. The molecule has 0 fully saturated rings. The predicted octanol–water partition coefficient (Wildman–Crippen LogP) is 1.43. The van der Waals surface area contributed by atoms with E-state index in [-0.39, 0.29) is 13.2 Å². The molecule has 23 heavy (non-hydrogen) atoms. The van der Waals surface area contributed by atoms with Gasteiger partial charge in [-0.3, -0.25) is 0 Å². The van der Waals surface area contributed by atoms with Crippen molar-refractivity contribution in [2.24, 2.45) is 0 Å². The molecule has 6 nitrogen and oxygen atoms in total. The zero-order chi connectivity index (χ0) is 15.8. The van der Waals surface area contributed by atoms with Gasteiger partial charge < -0.3 is 15.2 Å². The quantitative estimate of drug-likeness (QED) is 0.459. The van der Waals surface area contributed by atoms with E-state index in [2.05, 4.69) is 44.2 Å². The van der Waals surface area contributed by atoms with Gasteiger partial charge >= 0.3 is 0 Å². The first-order valence-electron chi connectivity index (χ1n) is 7.47. The molecule has 0 aliphatic rings. The third-order valence-corrected chi connectivity index (χ3v) is 3.97. The number of imidazole rings is 2. The van der Waals surface area contributed by atoms with Gasteiger partial charge in [0, 0.05) is 0 Å². The Morgan fingerprint density at radius 1 is 0.913 bits per heavy atom. The Kier molecular flexibility index (Phi) is 3.33. The highest BCUT2D eigenvalue weighted by Gasteiger charge is 2.10. The number of nitrogens with zero attached hydrogens (tertiary/aromatic N) is 1. The lowest BCUT2D eigenvalue weighted by molar-refractivity contribution is -0.363. The largest absolute Gasteiger partial charge is 0.388 e. The smallest absolute Gasteiger partial charge is 0.279 e. The Hall–Kier alpha value is -2.70. The van der Waals surface area contributed by atoms with E-state index in [0.717, 1.165) is 28.5 Å². The summed E-state index contributed by atoms with van der Waals surface area (Å²) in [7, 11) is 0. The van der Waals surface area contributed by atoms with Crippen LogP contribution in [0.4, 0.5) is 0 Å². The van der Waals surface area contributed by atoms with Crippen molar-refractivity contribution < 1.29 is 15.2 Å². The van der Waals surface area contributed by atoms with Crippen LogP contribution in [0.5, 0.6) is 0 Å². The number of aliphatic hydroxyl groups is 2. The Labute approximate surface area is 131 Å². The minimum atomic E-state index is -0.0861. The van der Waals surface area contributed by atoms with Gasteiger partial charge in [0.1, 0.15) is 19.0 Å². The SMILES string of the molecule is OCc1nc2ccc(Cc3ccc4[nH+]c(CO)[nH]c4c3)cc2[nH]1. The normalized spacial score (nSPS) is 11.6. The van der Waals surface area contributed by atoms with Gasteiger partial charge in [0.15, 0.2) is 11.0 Å². The van der Waals surface area contributed by atoms with Crippen molar-refractivity contribution >= 4 is 22.1 Å². The summed E-state index contributed by atoms with van der Waals surface area (Å²) < 4.78 is 0. The number of benzene rings is 2. The molecule has 2 aromatic heterocycles. The van der Waals surface area contributed by atoms with E-state index in [9.17, 15) is 5.11 Å². The van der Waals surface area contributed by atoms with Gasteiger partial charge in [-0.1, -0.05) is 12.1 Å². The number of aromatic amines is 3. The van der Waals surface area contributed by atoms with Crippen LogP contribution < -0.4 is 4.98 Å². The van der Waals surface area contributed by atoms with Gasteiger partial charge in [-0.2, -0.15) is 0 Å². The van der Waals surface area contributed by atoms with Gasteiger partial charge in [0.2, 0.25) is 0 Å². The maximum absolute atomic E-state index is 9.18. The van der Waals surface area contributed by atoms with Crippen molar-refractivity contribution in [3.8, 4) is 0 Å². The molecule has 6 heteroatoms. The fraction of sp³-hybridized carbons (Fsp3) is 0.176. The average Bonchev–Trinajstić information content (AvgIpc) is 3.16.